The Kier molecular flexibility index (Phi) is 3.93. The molecule has 0 bridgehead atoms. The SMILES string of the molecule is Cc1cc(C)c2ccc(OCc3ccccc3Br)cc2n1. The van der Waals surface area contributed by atoms with Crippen LogP contribution >= 0.6 is 15.9 Å². The molecule has 21 heavy (non-hydrogen) atoms. The van der Waals surface area contributed by atoms with E-state index in [-0.39, 0.29) is 0 Å². The second kappa shape index (κ2) is 5.86. The molecule has 3 heteroatoms. The summed E-state index contributed by atoms with van der Waals surface area (Å²) in [5.74, 6) is 0.843. The third kappa shape index (κ3) is 3.08. The van der Waals surface area contributed by atoms with Crippen molar-refractivity contribution in [3.05, 3.63) is 69.8 Å². The fraction of sp³-hybridized carbons (Fsp3) is 0.167. The van der Waals surface area contributed by atoms with Gasteiger partial charge in [0.25, 0.3) is 0 Å². The van der Waals surface area contributed by atoms with Crippen LogP contribution in [0, 0.1) is 13.8 Å². The van der Waals surface area contributed by atoms with Crippen LogP contribution in [0.1, 0.15) is 16.8 Å². The van der Waals surface area contributed by atoms with Gasteiger partial charge in [0.1, 0.15) is 12.4 Å². The van der Waals surface area contributed by atoms with E-state index in [4.69, 9.17) is 4.74 Å². The van der Waals surface area contributed by atoms with Gasteiger partial charge in [-0.1, -0.05) is 34.1 Å². The van der Waals surface area contributed by atoms with Crippen molar-refractivity contribution in [1.29, 1.82) is 0 Å². The quantitative estimate of drug-likeness (QED) is 0.653. The summed E-state index contributed by atoms with van der Waals surface area (Å²) in [6.07, 6.45) is 0. The Hall–Kier alpha value is -1.87. The number of halogens is 1. The summed E-state index contributed by atoms with van der Waals surface area (Å²) < 4.78 is 6.96. The van der Waals surface area contributed by atoms with E-state index in [2.05, 4.69) is 46.0 Å². The van der Waals surface area contributed by atoms with Crippen LogP contribution in [-0.2, 0) is 6.61 Å². The van der Waals surface area contributed by atoms with Crippen LogP contribution in [0.15, 0.2) is 53.0 Å². The summed E-state index contributed by atoms with van der Waals surface area (Å²) in [4.78, 5) is 4.58. The summed E-state index contributed by atoms with van der Waals surface area (Å²) in [6, 6.07) is 16.3. The van der Waals surface area contributed by atoms with Gasteiger partial charge in [0.15, 0.2) is 0 Å². The van der Waals surface area contributed by atoms with Crippen molar-refractivity contribution < 1.29 is 4.74 Å². The average Bonchev–Trinajstić information content (AvgIpc) is 2.46. The molecule has 0 saturated heterocycles. The minimum atomic E-state index is 0.539. The molecular formula is C18H16BrNO. The smallest absolute Gasteiger partial charge is 0.122 e. The van der Waals surface area contributed by atoms with Gasteiger partial charge in [0, 0.05) is 27.2 Å². The van der Waals surface area contributed by atoms with Crippen LogP contribution in [0.3, 0.4) is 0 Å². The maximum atomic E-state index is 5.89. The van der Waals surface area contributed by atoms with Crippen molar-refractivity contribution in [1.82, 2.24) is 4.98 Å². The van der Waals surface area contributed by atoms with Crippen molar-refractivity contribution in [2.24, 2.45) is 0 Å². The lowest BCUT2D eigenvalue weighted by atomic mass is 10.1. The fourth-order valence-corrected chi connectivity index (χ4v) is 2.82. The lowest BCUT2D eigenvalue weighted by Crippen LogP contribution is -1.97. The van der Waals surface area contributed by atoms with E-state index in [0.717, 1.165) is 27.0 Å². The molecule has 0 fully saturated rings. The second-order valence-corrected chi connectivity index (χ2v) is 5.99. The third-order valence-corrected chi connectivity index (χ3v) is 4.24. The fourth-order valence-electron chi connectivity index (χ4n) is 2.42. The highest BCUT2D eigenvalue weighted by Gasteiger charge is 2.04. The zero-order valence-corrected chi connectivity index (χ0v) is 13.6. The van der Waals surface area contributed by atoms with E-state index in [9.17, 15) is 0 Å². The Labute approximate surface area is 132 Å². The number of aromatic nitrogens is 1. The standard InChI is InChI=1S/C18H16BrNO/c1-12-9-13(2)20-18-10-15(7-8-16(12)18)21-11-14-5-3-4-6-17(14)19/h3-10H,11H2,1-2H3. The van der Waals surface area contributed by atoms with Gasteiger partial charge in [0.05, 0.1) is 5.52 Å². The number of ether oxygens (including phenoxy) is 1. The first-order chi connectivity index (χ1) is 10.1. The summed E-state index contributed by atoms with van der Waals surface area (Å²) >= 11 is 3.54. The van der Waals surface area contributed by atoms with Gasteiger partial charge in [-0.25, -0.2) is 0 Å². The van der Waals surface area contributed by atoms with E-state index in [1.807, 2.05) is 37.3 Å². The van der Waals surface area contributed by atoms with Crippen molar-refractivity contribution in [2.75, 3.05) is 0 Å². The van der Waals surface area contributed by atoms with E-state index < -0.39 is 0 Å². The molecule has 3 rings (SSSR count). The highest BCUT2D eigenvalue weighted by Crippen LogP contribution is 2.24. The van der Waals surface area contributed by atoms with E-state index >= 15 is 0 Å². The number of nitrogens with zero attached hydrogens (tertiary/aromatic N) is 1. The first-order valence-corrected chi connectivity index (χ1v) is 7.67. The molecule has 0 N–H and O–H groups in total. The topological polar surface area (TPSA) is 22.1 Å². The van der Waals surface area contributed by atoms with Gasteiger partial charge < -0.3 is 4.74 Å². The predicted octanol–water partition coefficient (Wildman–Crippen LogP) is 5.19. The molecule has 0 atom stereocenters. The van der Waals surface area contributed by atoms with Gasteiger partial charge in [-0.05, 0) is 43.7 Å². The molecule has 1 heterocycles. The Bertz CT molecular complexity index is 798. The molecule has 0 unspecified atom stereocenters. The van der Waals surface area contributed by atoms with Gasteiger partial charge in [-0.2, -0.15) is 0 Å². The normalized spacial score (nSPS) is 10.8. The van der Waals surface area contributed by atoms with E-state index in [1.165, 1.54) is 10.9 Å². The lowest BCUT2D eigenvalue weighted by Gasteiger charge is -2.10. The molecule has 1 aromatic heterocycles. The van der Waals surface area contributed by atoms with Gasteiger partial charge in [0.2, 0.25) is 0 Å². The number of hydrogen-bond donors (Lipinski definition) is 0. The summed E-state index contributed by atoms with van der Waals surface area (Å²) in [6.45, 7) is 4.66. The largest absolute Gasteiger partial charge is 0.489 e. The van der Waals surface area contributed by atoms with Crippen molar-refractivity contribution in [3.8, 4) is 5.75 Å². The van der Waals surface area contributed by atoms with E-state index in [0.29, 0.717) is 6.61 Å². The zero-order valence-electron chi connectivity index (χ0n) is 12.1. The predicted molar refractivity (Wildman–Crippen MR) is 89.7 cm³/mol. The van der Waals surface area contributed by atoms with Crippen molar-refractivity contribution in [3.63, 3.8) is 0 Å². The second-order valence-electron chi connectivity index (χ2n) is 5.14. The number of aryl methyl sites for hydroxylation is 2. The minimum absolute atomic E-state index is 0.539. The molecule has 0 aliphatic carbocycles. The number of pyridine rings is 1. The van der Waals surface area contributed by atoms with Crippen molar-refractivity contribution in [2.45, 2.75) is 20.5 Å². The zero-order chi connectivity index (χ0) is 14.8. The molecule has 0 aliphatic rings. The molecular weight excluding hydrogens is 326 g/mol. The van der Waals surface area contributed by atoms with Crippen molar-refractivity contribution >= 4 is 26.8 Å². The lowest BCUT2D eigenvalue weighted by molar-refractivity contribution is 0.306. The Morgan fingerprint density at radius 2 is 1.86 bits per heavy atom. The monoisotopic (exact) mass is 341 g/mol. The summed E-state index contributed by atoms with van der Waals surface area (Å²) in [7, 11) is 0. The number of rotatable bonds is 3. The van der Waals surface area contributed by atoms with Gasteiger partial charge >= 0.3 is 0 Å². The Morgan fingerprint density at radius 1 is 1.05 bits per heavy atom. The molecule has 2 aromatic carbocycles. The molecule has 0 radical (unpaired) electrons. The average molecular weight is 342 g/mol. The maximum Gasteiger partial charge on any atom is 0.122 e. The van der Waals surface area contributed by atoms with Crippen LogP contribution in [0.4, 0.5) is 0 Å². The molecule has 0 aliphatic heterocycles. The van der Waals surface area contributed by atoms with Crippen LogP contribution in [0.5, 0.6) is 5.75 Å². The summed E-state index contributed by atoms with van der Waals surface area (Å²) in [5.41, 5.74) is 4.39. The molecule has 0 spiro atoms. The van der Waals surface area contributed by atoms with Crippen LogP contribution in [0.25, 0.3) is 10.9 Å². The number of benzene rings is 2. The molecule has 2 nitrogen and oxygen atoms in total. The molecule has 106 valence electrons. The highest BCUT2D eigenvalue weighted by molar-refractivity contribution is 9.10. The molecule has 0 saturated carbocycles. The number of fused-ring (bicyclic) bond motifs is 1. The highest BCUT2D eigenvalue weighted by atomic mass is 79.9. The summed E-state index contributed by atoms with van der Waals surface area (Å²) in [5, 5.41) is 1.17. The number of hydrogen-bond acceptors (Lipinski definition) is 2. The minimum Gasteiger partial charge on any atom is -0.489 e. The first-order valence-electron chi connectivity index (χ1n) is 6.88. The first kappa shape index (κ1) is 14.1. The third-order valence-electron chi connectivity index (χ3n) is 3.47. The van der Waals surface area contributed by atoms with E-state index in [1.54, 1.807) is 0 Å². The Morgan fingerprint density at radius 3 is 2.67 bits per heavy atom. The molecule has 3 aromatic rings. The van der Waals surface area contributed by atoms with Gasteiger partial charge in [-0.3, -0.25) is 4.98 Å². The van der Waals surface area contributed by atoms with Gasteiger partial charge in [-0.15, -0.1) is 0 Å². The van der Waals surface area contributed by atoms with Crippen LogP contribution in [0.2, 0.25) is 0 Å². The van der Waals surface area contributed by atoms with Crippen LogP contribution in [-0.4, -0.2) is 4.98 Å². The molecule has 0 amide bonds. The Balaban J connectivity index is 1.86. The van der Waals surface area contributed by atoms with Crippen LogP contribution < -0.4 is 4.74 Å². The maximum absolute atomic E-state index is 5.89.